The molecule has 3 nitrogen and oxygen atoms in total. The summed E-state index contributed by atoms with van der Waals surface area (Å²) in [5.74, 6) is 0.363. The van der Waals surface area contributed by atoms with Gasteiger partial charge in [-0.3, -0.25) is 4.90 Å². The molecule has 1 fully saturated rings. The van der Waals surface area contributed by atoms with E-state index in [4.69, 9.17) is 0 Å². The Morgan fingerprint density at radius 1 is 1.42 bits per heavy atom. The summed E-state index contributed by atoms with van der Waals surface area (Å²) in [5, 5.41) is 12.9. The number of aliphatic hydroxyl groups is 1. The van der Waals surface area contributed by atoms with Crippen LogP contribution in [0.1, 0.15) is 19.4 Å². The van der Waals surface area contributed by atoms with E-state index in [1.165, 1.54) is 6.07 Å². The minimum Gasteiger partial charge on any atom is -0.395 e. The van der Waals surface area contributed by atoms with Gasteiger partial charge in [-0.25, -0.2) is 4.39 Å². The summed E-state index contributed by atoms with van der Waals surface area (Å²) in [6, 6.07) is 7.33. The molecule has 106 valence electrons. The largest absolute Gasteiger partial charge is 0.395 e. The number of hydrogen-bond acceptors (Lipinski definition) is 3. The zero-order chi connectivity index (χ0) is 13.8. The molecule has 0 saturated carbocycles. The highest BCUT2D eigenvalue weighted by molar-refractivity contribution is 5.17. The van der Waals surface area contributed by atoms with Gasteiger partial charge in [0.2, 0.25) is 0 Å². The Bertz CT molecular complexity index is 411. The molecule has 1 heterocycles. The normalized spacial score (nSPS) is 24.9. The highest BCUT2D eigenvalue weighted by atomic mass is 19.1. The summed E-state index contributed by atoms with van der Waals surface area (Å²) in [4.78, 5) is 2.18. The number of piperazine rings is 1. The second-order valence-corrected chi connectivity index (χ2v) is 5.62. The van der Waals surface area contributed by atoms with Crippen LogP contribution in [-0.2, 0) is 6.54 Å². The first-order valence-electron chi connectivity index (χ1n) is 6.93. The standard InChI is InChI=1S/C15H23FN2O/c1-11(2)15-9-18(13(10-19)7-17-15)8-12-5-3-4-6-14(12)16/h3-6,11,13,15,17,19H,7-10H2,1-2H3. The summed E-state index contributed by atoms with van der Waals surface area (Å²) < 4.78 is 13.7. The van der Waals surface area contributed by atoms with Crippen LogP contribution in [0.2, 0.25) is 0 Å². The Kier molecular flexibility index (Phi) is 4.91. The quantitative estimate of drug-likeness (QED) is 0.869. The summed E-state index contributed by atoms with van der Waals surface area (Å²) in [6.07, 6.45) is 0. The summed E-state index contributed by atoms with van der Waals surface area (Å²) in [7, 11) is 0. The molecule has 1 aromatic rings. The molecule has 1 aliphatic heterocycles. The molecule has 1 aromatic carbocycles. The van der Waals surface area contributed by atoms with Crippen LogP contribution in [0.4, 0.5) is 4.39 Å². The predicted octanol–water partition coefficient (Wildman–Crippen LogP) is 1.62. The van der Waals surface area contributed by atoms with Gasteiger partial charge in [-0.15, -0.1) is 0 Å². The molecule has 2 atom stereocenters. The Morgan fingerprint density at radius 2 is 2.16 bits per heavy atom. The van der Waals surface area contributed by atoms with E-state index in [2.05, 4.69) is 24.1 Å². The van der Waals surface area contributed by atoms with Crippen LogP contribution in [-0.4, -0.2) is 41.8 Å². The van der Waals surface area contributed by atoms with Crippen molar-refractivity contribution >= 4 is 0 Å². The maximum absolute atomic E-state index is 13.7. The lowest BCUT2D eigenvalue weighted by Gasteiger charge is -2.41. The second-order valence-electron chi connectivity index (χ2n) is 5.62. The van der Waals surface area contributed by atoms with Crippen molar-refractivity contribution < 1.29 is 9.50 Å². The van der Waals surface area contributed by atoms with Crippen molar-refractivity contribution in [3.05, 3.63) is 35.6 Å². The van der Waals surface area contributed by atoms with Crippen LogP contribution >= 0.6 is 0 Å². The van der Waals surface area contributed by atoms with E-state index in [-0.39, 0.29) is 18.5 Å². The van der Waals surface area contributed by atoms with Crippen molar-refractivity contribution in [3.63, 3.8) is 0 Å². The van der Waals surface area contributed by atoms with E-state index in [0.29, 0.717) is 24.1 Å². The van der Waals surface area contributed by atoms with Crippen LogP contribution in [0.5, 0.6) is 0 Å². The lowest BCUT2D eigenvalue weighted by molar-refractivity contribution is 0.0637. The molecule has 0 spiro atoms. The van der Waals surface area contributed by atoms with Crippen molar-refractivity contribution in [3.8, 4) is 0 Å². The van der Waals surface area contributed by atoms with E-state index >= 15 is 0 Å². The fraction of sp³-hybridized carbons (Fsp3) is 0.600. The highest BCUT2D eigenvalue weighted by Gasteiger charge is 2.29. The van der Waals surface area contributed by atoms with Gasteiger partial charge in [0.15, 0.2) is 0 Å². The maximum atomic E-state index is 13.7. The van der Waals surface area contributed by atoms with Crippen LogP contribution in [0.25, 0.3) is 0 Å². The Morgan fingerprint density at radius 3 is 2.79 bits per heavy atom. The maximum Gasteiger partial charge on any atom is 0.127 e. The van der Waals surface area contributed by atoms with E-state index in [9.17, 15) is 9.50 Å². The van der Waals surface area contributed by atoms with Crippen molar-refractivity contribution in [2.45, 2.75) is 32.5 Å². The van der Waals surface area contributed by atoms with Crippen LogP contribution in [0.15, 0.2) is 24.3 Å². The molecule has 0 bridgehead atoms. The molecular formula is C15H23FN2O. The SMILES string of the molecule is CC(C)C1CN(Cc2ccccc2F)C(CO)CN1. The van der Waals surface area contributed by atoms with Gasteiger partial charge in [-0.1, -0.05) is 32.0 Å². The lowest BCUT2D eigenvalue weighted by atomic mass is 9.99. The minimum atomic E-state index is -0.168. The molecule has 2 unspecified atom stereocenters. The zero-order valence-electron chi connectivity index (χ0n) is 11.6. The topological polar surface area (TPSA) is 35.5 Å². The molecule has 2 N–H and O–H groups in total. The molecule has 0 aliphatic carbocycles. The van der Waals surface area contributed by atoms with Gasteiger partial charge >= 0.3 is 0 Å². The summed E-state index contributed by atoms with van der Waals surface area (Å²) >= 11 is 0. The van der Waals surface area contributed by atoms with Gasteiger partial charge in [0.25, 0.3) is 0 Å². The number of halogens is 1. The smallest absolute Gasteiger partial charge is 0.127 e. The van der Waals surface area contributed by atoms with Gasteiger partial charge in [0.1, 0.15) is 5.82 Å². The van der Waals surface area contributed by atoms with Gasteiger partial charge in [0.05, 0.1) is 6.61 Å². The minimum absolute atomic E-state index is 0.0645. The third kappa shape index (κ3) is 3.53. The van der Waals surface area contributed by atoms with Crippen LogP contribution < -0.4 is 5.32 Å². The summed E-state index contributed by atoms with van der Waals surface area (Å²) in [6.45, 7) is 6.62. The zero-order valence-corrected chi connectivity index (χ0v) is 11.6. The lowest BCUT2D eigenvalue weighted by Crippen LogP contribution is -2.58. The Labute approximate surface area is 114 Å². The Balaban J connectivity index is 2.08. The molecular weight excluding hydrogens is 243 g/mol. The monoisotopic (exact) mass is 266 g/mol. The van der Waals surface area contributed by atoms with Crippen molar-refractivity contribution in [2.75, 3.05) is 19.7 Å². The first-order valence-corrected chi connectivity index (χ1v) is 6.93. The van der Waals surface area contributed by atoms with E-state index in [1.54, 1.807) is 6.07 Å². The van der Waals surface area contributed by atoms with E-state index in [1.807, 2.05) is 12.1 Å². The first-order chi connectivity index (χ1) is 9.11. The number of nitrogens with zero attached hydrogens (tertiary/aromatic N) is 1. The third-order valence-corrected chi connectivity index (χ3v) is 3.91. The van der Waals surface area contributed by atoms with Crippen LogP contribution in [0, 0.1) is 11.7 Å². The number of hydrogen-bond donors (Lipinski definition) is 2. The number of aliphatic hydroxyl groups excluding tert-OH is 1. The molecule has 0 aromatic heterocycles. The second kappa shape index (κ2) is 6.46. The van der Waals surface area contributed by atoms with Crippen molar-refractivity contribution in [1.82, 2.24) is 10.2 Å². The average Bonchev–Trinajstić information content (AvgIpc) is 2.41. The average molecular weight is 266 g/mol. The molecule has 4 heteroatoms. The van der Waals surface area contributed by atoms with Gasteiger partial charge in [-0.2, -0.15) is 0 Å². The predicted molar refractivity (Wildman–Crippen MR) is 74.3 cm³/mol. The number of nitrogens with one attached hydrogen (secondary N) is 1. The Hall–Kier alpha value is -0.970. The van der Waals surface area contributed by atoms with E-state index in [0.717, 1.165) is 13.1 Å². The summed E-state index contributed by atoms with van der Waals surface area (Å²) in [5.41, 5.74) is 0.699. The molecule has 0 radical (unpaired) electrons. The molecule has 1 saturated heterocycles. The van der Waals surface area contributed by atoms with Gasteiger partial charge < -0.3 is 10.4 Å². The van der Waals surface area contributed by atoms with Gasteiger partial charge in [-0.05, 0) is 12.0 Å². The fourth-order valence-corrected chi connectivity index (χ4v) is 2.55. The van der Waals surface area contributed by atoms with Gasteiger partial charge in [0, 0.05) is 37.3 Å². The van der Waals surface area contributed by atoms with E-state index < -0.39 is 0 Å². The molecule has 1 aliphatic rings. The van der Waals surface area contributed by atoms with Crippen molar-refractivity contribution in [1.29, 1.82) is 0 Å². The number of benzene rings is 1. The number of rotatable bonds is 4. The molecule has 2 rings (SSSR count). The molecule has 0 amide bonds. The van der Waals surface area contributed by atoms with Crippen molar-refractivity contribution in [2.24, 2.45) is 5.92 Å². The van der Waals surface area contributed by atoms with Crippen LogP contribution in [0.3, 0.4) is 0 Å². The highest BCUT2D eigenvalue weighted by Crippen LogP contribution is 2.17. The third-order valence-electron chi connectivity index (χ3n) is 3.91. The first kappa shape index (κ1) is 14.4. The molecule has 19 heavy (non-hydrogen) atoms. The fourth-order valence-electron chi connectivity index (χ4n) is 2.55.